The van der Waals surface area contributed by atoms with Gasteiger partial charge in [-0.2, -0.15) is 4.57 Å². The molecule has 19 heavy (non-hydrogen) atoms. The normalized spacial score (nSPS) is 17.8. The summed E-state index contributed by atoms with van der Waals surface area (Å²) in [6, 6.07) is 4.27. The summed E-state index contributed by atoms with van der Waals surface area (Å²) in [5.74, 6) is 0.847. The van der Waals surface area contributed by atoms with Crippen LogP contribution in [-0.2, 0) is 13.5 Å². The lowest BCUT2D eigenvalue weighted by molar-refractivity contribution is -0.675. The number of aryl methyl sites for hydroxylation is 2. The lowest BCUT2D eigenvalue weighted by Gasteiger charge is -2.12. The number of nitrogens with zero attached hydrogens (tertiary/aromatic N) is 1. The molecule has 0 bridgehead atoms. The summed E-state index contributed by atoms with van der Waals surface area (Å²) >= 11 is 0. The van der Waals surface area contributed by atoms with Crippen LogP contribution in [0, 0.1) is 6.92 Å². The molecule has 2 aromatic rings. The van der Waals surface area contributed by atoms with Gasteiger partial charge < -0.3 is 9.84 Å². The Morgan fingerprint density at radius 3 is 2.95 bits per heavy atom. The van der Waals surface area contributed by atoms with Crippen LogP contribution in [0.25, 0.3) is 10.8 Å². The van der Waals surface area contributed by atoms with E-state index in [4.69, 9.17) is 4.74 Å². The van der Waals surface area contributed by atoms with Gasteiger partial charge in [0.2, 0.25) is 0 Å². The first-order valence-electron chi connectivity index (χ1n) is 6.88. The molecule has 100 valence electrons. The minimum Gasteiger partial charge on any atom is -0.445 e. The Kier molecular flexibility index (Phi) is 2.94. The van der Waals surface area contributed by atoms with Gasteiger partial charge in [-0.15, -0.1) is 0 Å². The highest BCUT2D eigenvalue weighted by Gasteiger charge is 2.26. The molecule has 0 saturated heterocycles. The predicted octanol–water partition coefficient (Wildman–Crippen LogP) is 2.35. The average Bonchev–Trinajstić information content (AvgIpc) is 2.75. The fourth-order valence-corrected chi connectivity index (χ4v) is 3.12. The molecule has 3 heteroatoms. The Morgan fingerprint density at radius 1 is 1.42 bits per heavy atom. The van der Waals surface area contributed by atoms with Crippen LogP contribution in [0.15, 0.2) is 18.3 Å². The predicted molar refractivity (Wildman–Crippen MR) is 74.3 cm³/mol. The zero-order valence-corrected chi connectivity index (χ0v) is 11.7. The second kappa shape index (κ2) is 4.49. The standard InChI is InChI=1S/C16H20NO2/c1-4-19-15-8-13-11(9-17(15)3)7-10(2)12-5-6-14(18)16(12)13/h7-9,14,18H,4-6H2,1-3H3/q+1. The summed E-state index contributed by atoms with van der Waals surface area (Å²) in [7, 11) is 1.99. The Balaban J connectivity index is 2.32. The number of hydrogen-bond acceptors (Lipinski definition) is 2. The Hall–Kier alpha value is -1.61. The largest absolute Gasteiger partial charge is 0.445 e. The van der Waals surface area contributed by atoms with Crippen LogP contribution in [0.3, 0.4) is 0 Å². The highest BCUT2D eigenvalue weighted by Crippen LogP contribution is 2.39. The van der Waals surface area contributed by atoms with E-state index in [1.165, 1.54) is 16.5 Å². The number of fused-ring (bicyclic) bond motifs is 3. The van der Waals surface area contributed by atoms with Gasteiger partial charge in [0.05, 0.1) is 18.8 Å². The summed E-state index contributed by atoms with van der Waals surface area (Å²) in [6.45, 7) is 4.77. The fourth-order valence-electron chi connectivity index (χ4n) is 3.12. The van der Waals surface area contributed by atoms with Crippen LogP contribution >= 0.6 is 0 Å². The Labute approximate surface area is 113 Å². The van der Waals surface area contributed by atoms with Gasteiger partial charge >= 0.3 is 5.88 Å². The molecule has 0 spiro atoms. The van der Waals surface area contributed by atoms with Crippen molar-refractivity contribution in [1.29, 1.82) is 0 Å². The molecule has 0 fully saturated rings. The van der Waals surface area contributed by atoms with Gasteiger partial charge in [-0.25, -0.2) is 0 Å². The van der Waals surface area contributed by atoms with E-state index < -0.39 is 0 Å². The topological polar surface area (TPSA) is 33.3 Å². The van der Waals surface area contributed by atoms with E-state index in [0.717, 1.165) is 29.7 Å². The van der Waals surface area contributed by atoms with Crippen molar-refractivity contribution in [2.45, 2.75) is 32.8 Å². The summed E-state index contributed by atoms with van der Waals surface area (Å²) < 4.78 is 7.65. The zero-order chi connectivity index (χ0) is 13.6. The smallest absolute Gasteiger partial charge is 0.368 e. The molecule has 0 saturated carbocycles. The summed E-state index contributed by atoms with van der Waals surface area (Å²) in [4.78, 5) is 0. The lowest BCUT2D eigenvalue weighted by atomic mass is 9.97. The highest BCUT2D eigenvalue weighted by molar-refractivity contribution is 5.88. The number of pyridine rings is 1. The van der Waals surface area contributed by atoms with E-state index in [1.807, 2.05) is 18.5 Å². The minimum atomic E-state index is -0.334. The van der Waals surface area contributed by atoms with E-state index in [2.05, 4.69) is 25.3 Å². The number of rotatable bonds is 2. The van der Waals surface area contributed by atoms with E-state index >= 15 is 0 Å². The van der Waals surface area contributed by atoms with Crippen LogP contribution in [-0.4, -0.2) is 11.7 Å². The molecule has 1 N–H and O–H groups in total. The molecule has 1 aliphatic rings. The van der Waals surface area contributed by atoms with Crippen molar-refractivity contribution in [2.75, 3.05) is 6.61 Å². The molecular formula is C16H20NO2+. The molecule has 3 rings (SSSR count). The number of hydrogen-bond donors (Lipinski definition) is 1. The Morgan fingerprint density at radius 2 is 2.21 bits per heavy atom. The molecule has 3 nitrogen and oxygen atoms in total. The number of aliphatic hydroxyl groups is 1. The van der Waals surface area contributed by atoms with Crippen molar-refractivity contribution in [3.8, 4) is 5.88 Å². The molecule has 1 aromatic carbocycles. The second-order valence-corrected chi connectivity index (χ2v) is 5.30. The molecular weight excluding hydrogens is 238 g/mol. The quantitative estimate of drug-likeness (QED) is 0.839. The lowest BCUT2D eigenvalue weighted by Crippen LogP contribution is -2.30. The van der Waals surface area contributed by atoms with Gasteiger partial charge in [-0.05, 0) is 49.4 Å². The van der Waals surface area contributed by atoms with Gasteiger partial charge in [0.1, 0.15) is 7.05 Å². The maximum atomic E-state index is 10.2. The Bertz CT molecular complexity index is 649. The van der Waals surface area contributed by atoms with Crippen molar-refractivity contribution >= 4 is 10.8 Å². The van der Waals surface area contributed by atoms with Crippen LogP contribution in [0.4, 0.5) is 0 Å². The van der Waals surface area contributed by atoms with Crippen LogP contribution in [0.2, 0.25) is 0 Å². The van der Waals surface area contributed by atoms with E-state index in [9.17, 15) is 5.11 Å². The fraction of sp³-hybridized carbons (Fsp3) is 0.438. The SMILES string of the molecule is CCOc1cc2c3c(c(C)cc2c[n+]1C)CCC3O. The highest BCUT2D eigenvalue weighted by atomic mass is 16.5. The maximum absolute atomic E-state index is 10.2. The van der Waals surface area contributed by atoms with Crippen molar-refractivity contribution < 1.29 is 14.4 Å². The van der Waals surface area contributed by atoms with E-state index in [-0.39, 0.29) is 6.10 Å². The second-order valence-electron chi connectivity index (χ2n) is 5.30. The molecule has 1 aromatic heterocycles. The number of benzene rings is 1. The van der Waals surface area contributed by atoms with Gasteiger partial charge in [-0.3, -0.25) is 0 Å². The third kappa shape index (κ3) is 1.89. The van der Waals surface area contributed by atoms with Gasteiger partial charge in [-0.1, -0.05) is 0 Å². The van der Waals surface area contributed by atoms with E-state index in [0.29, 0.717) is 6.61 Å². The monoisotopic (exact) mass is 258 g/mol. The average molecular weight is 258 g/mol. The van der Waals surface area contributed by atoms with Crippen LogP contribution in [0.5, 0.6) is 5.88 Å². The first kappa shape index (κ1) is 12.4. The first-order valence-corrected chi connectivity index (χ1v) is 6.88. The summed E-state index contributed by atoms with van der Waals surface area (Å²) in [5.41, 5.74) is 3.70. The molecule has 1 unspecified atom stereocenters. The van der Waals surface area contributed by atoms with Crippen molar-refractivity contribution in [3.63, 3.8) is 0 Å². The van der Waals surface area contributed by atoms with Crippen molar-refractivity contribution in [1.82, 2.24) is 0 Å². The number of ether oxygens (including phenoxy) is 1. The molecule has 0 amide bonds. The van der Waals surface area contributed by atoms with Crippen molar-refractivity contribution in [2.24, 2.45) is 7.05 Å². The third-order valence-electron chi connectivity index (χ3n) is 4.02. The number of aliphatic hydroxyl groups excluding tert-OH is 1. The molecule has 1 heterocycles. The third-order valence-corrected chi connectivity index (χ3v) is 4.02. The van der Waals surface area contributed by atoms with Gasteiger partial charge in [0.25, 0.3) is 0 Å². The van der Waals surface area contributed by atoms with E-state index in [1.54, 1.807) is 0 Å². The molecule has 1 atom stereocenters. The molecule has 1 aliphatic carbocycles. The first-order chi connectivity index (χ1) is 9.11. The maximum Gasteiger partial charge on any atom is 0.368 e. The van der Waals surface area contributed by atoms with Gasteiger partial charge in [0, 0.05) is 10.8 Å². The van der Waals surface area contributed by atoms with Gasteiger partial charge in [0.15, 0.2) is 6.20 Å². The molecule has 0 aliphatic heterocycles. The summed E-state index contributed by atoms with van der Waals surface area (Å²) in [6.07, 6.45) is 3.56. The van der Waals surface area contributed by atoms with Crippen molar-refractivity contribution in [3.05, 3.63) is 35.0 Å². The molecule has 0 radical (unpaired) electrons. The number of aromatic nitrogens is 1. The van der Waals surface area contributed by atoms with Crippen LogP contribution < -0.4 is 9.30 Å². The summed E-state index contributed by atoms with van der Waals surface area (Å²) in [5, 5.41) is 12.5. The van der Waals surface area contributed by atoms with Crippen LogP contribution in [0.1, 0.15) is 36.1 Å². The minimum absolute atomic E-state index is 0.334. The zero-order valence-electron chi connectivity index (χ0n) is 11.7.